The first-order chi connectivity index (χ1) is 27.2. The summed E-state index contributed by atoms with van der Waals surface area (Å²) in [6, 6.07) is 66.5. The monoisotopic (exact) mass is 703 g/mol. The van der Waals surface area contributed by atoms with Crippen molar-refractivity contribution in [2.45, 2.75) is 6.17 Å². The predicted octanol–water partition coefficient (Wildman–Crippen LogP) is 12.9. The number of nitrogens with zero attached hydrogens (tertiary/aromatic N) is 2. The smallest absolute Gasteiger partial charge is 0.159 e. The van der Waals surface area contributed by atoms with Gasteiger partial charge in [-0.15, -0.1) is 0 Å². The van der Waals surface area contributed by atoms with Crippen LogP contribution in [0.3, 0.4) is 0 Å². The van der Waals surface area contributed by atoms with Crippen LogP contribution in [0.4, 0.5) is 0 Å². The van der Waals surface area contributed by atoms with Crippen molar-refractivity contribution in [2.75, 3.05) is 0 Å². The zero-order valence-electron chi connectivity index (χ0n) is 29.8. The fourth-order valence-corrected chi connectivity index (χ4v) is 8.04. The van der Waals surface area contributed by atoms with Crippen LogP contribution in [-0.4, -0.2) is 11.7 Å². The molecule has 1 unspecified atom stereocenters. The van der Waals surface area contributed by atoms with E-state index in [-0.39, 0.29) is 6.17 Å². The molecule has 0 bridgehead atoms. The number of hydrogen-bond acceptors (Lipinski definition) is 4. The molecule has 1 N–H and O–H groups in total. The Kier molecular flexibility index (Phi) is 7.20. The highest BCUT2D eigenvalue weighted by Crippen LogP contribution is 2.40. The van der Waals surface area contributed by atoms with Crippen LogP contribution in [0.15, 0.2) is 202 Å². The van der Waals surface area contributed by atoms with Crippen molar-refractivity contribution in [1.82, 2.24) is 5.32 Å². The van der Waals surface area contributed by atoms with Gasteiger partial charge in [0.2, 0.25) is 0 Å². The molecule has 0 fully saturated rings. The van der Waals surface area contributed by atoms with Gasteiger partial charge >= 0.3 is 0 Å². The Bertz CT molecular complexity index is 3180. The number of hydrogen-bond donors (Lipinski definition) is 1. The minimum atomic E-state index is -0.360. The van der Waals surface area contributed by atoms with E-state index in [4.69, 9.17) is 14.4 Å². The fraction of sp³-hybridized carbons (Fsp3) is 0.0196. The Morgan fingerprint density at radius 1 is 0.418 bits per heavy atom. The zero-order valence-corrected chi connectivity index (χ0v) is 29.8. The second-order valence-electron chi connectivity index (χ2n) is 14.3. The number of fused-ring (bicyclic) bond motifs is 6. The summed E-state index contributed by atoms with van der Waals surface area (Å²) in [7, 11) is 0. The standard InChI is InChI=1S/C51H33N3O/c1-3-11-32(12-4-1)38-20-21-40-27-42(24-22-39(40)25-38)50-52-49(34-14-5-2-6-15-34)53-51(54-50)43-29-44(41-23-19-33-13-7-8-16-35(33)26-41)48-45-28-36-17-9-10-18-37(36)30-46(45)55-47(48)31-43/h1-31,50H,(H,52,53,54). The first-order valence-corrected chi connectivity index (χ1v) is 18.7. The van der Waals surface area contributed by atoms with Crippen LogP contribution in [0.1, 0.15) is 22.9 Å². The van der Waals surface area contributed by atoms with Gasteiger partial charge in [-0.3, -0.25) is 0 Å². The molecule has 55 heavy (non-hydrogen) atoms. The summed E-state index contributed by atoms with van der Waals surface area (Å²) in [5, 5.41) is 13.0. The molecule has 9 aromatic carbocycles. The second kappa shape index (κ2) is 12.7. The fourth-order valence-electron chi connectivity index (χ4n) is 8.04. The van der Waals surface area contributed by atoms with Crippen LogP contribution < -0.4 is 5.32 Å². The lowest BCUT2D eigenvalue weighted by Crippen LogP contribution is -2.33. The summed E-state index contributed by atoms with van der Waals surface area (Å²) in [6.45, 7) is 0. The molecule has 11 rings (SSSR count). The van der Waals surface area contributed by atoms with Crippen molar-refractivity contribution in [3.8, 4) is 22.3 Å². The first kappa shape index (κ1) is 31.2. The highest BCUT2D eigenvalue weighted by Gasteiger charge is 2.24. The van der Waals surface area contributed by atoms with Gasteiger partial charge in [-0.2, -0.15) is 0 Å². The van der Waals surface area contributed by atoms with Gasteiger partial charge in [0, 0.05) is 21.9 Å². The maximum atomic E-state index is 6.74. The van der Waals surface area contributed by atoms with Gasteiger partial charge in [0.05, 0.1) is 0 Å². The van der Waals surface area contributed by atoms with E-state index in [1.165, 1.54) is 32.7 Å². The Hall–Kier alpha value is -7.30. The molecule has 1 atom stereocenters. The third-order valence-electron chi connectivity index (χ3n) is 10.8. The Balaban J connectivity index is 1.08. The number of amidine groups is 2. The van der Waals surface area contributed by atoms with Gasteiger partial charge in [-0.25, -0.2) is 9.98 Å². The third-order valence-corrected chi connectivity index (χ3v) is 10.8. The number of nitrogens with one attached hydrogen (secondary N) is 1. The van der Waals surface area contributed by atoms with Gasteiger partial charge in [-0.1, -0.05) is 146 Å². The SMILES string of the molecule is c1ccc(C2=NC(c3ccc4cc(-c5ccccc5)ccc4c3)NC(c3cc(-c4ccc5ccccc5c4)c4c(c3)oc3cc5ccccc5cc34)=N2)cc1. The maximum absolute atomic E-state index is 6.74. The van der Waals surface area contributed by atoms with Crippen LogP contribution in [0.2, 0.25) is 0 Å². The topological polar surface area (TPSA) is 49.9 Å². The Labute approximate surface area is 317 Å². The predicted molar refractivity (Wildman–Crippen MR) is 229 cm³/mol. The maximum Gasteiger partial charge on any atom is 0.159 e. The van der Waals surface area contributed by atoms with Gasteiger partial charge < -0.3 is 9.73 Å². The van der Waals surface area contributed by atoms with Crippen molar-refractivity contribution in [1.29, 1.82) is 0 Å². The Morgan fingerprint density at radius 2 is 1.02 bits per heavy atom. The first-order valence-electron chi connectivity index (χ1n) is 18.7. The number of aliphatic imine (C=N–C) groups is 2. The van der Waals surface area contributed by atoms with Crippen LogP contribution in [0.25, 0.3) is 76.5 Å². The molecule has 1 aromatic heterocycles. The average Bonchev–Trinajstić information content (AvgIpc) is 3.62. The van der Waals surface area contributed by atoms with Crippen LogP contribution in [0, 0.1) is 0 Å². The lowest BCUT2D eigenvalue weighted by molar-refractivity contribution is 0.667. The largest absolute Gasteiger partial charge is 0.456 e. The van der Waals surface area contributed by atoms with Gasteiger partial charge in [0.25, 0.3) is 0 Å². The van der Waals surface area contributed by atoms with E-state index >= 15 is 0 Å². The van der Waals surface area contributed by atoms with Crippen LogP contribution in [0.5, 0.6) is 0 Å². The van der Waals surface area contributed by atoms with E-state index in [0.717, 1.165) is 66.4 Å². The minimum absolute atomic E-state index is 0.360. The molecule has 2 heterocycles. The van der Waals surface area contributed by atoms with E-state index in [1.54, 1.807) is 0 Å². The summed E-state index contributed by atoms with van der Waals surface area (Å²) in [6.07, 6.45) is -0.360. The molecule has 0 saturated carbocycles. The molecule has 4 heteroatoms. The van der Waals surface area contributed by atoms with E-state index < -0.39 is 0 Å². The molecule has 0 saturated heterocycles. The summed E-state index contributed by atoms with van der Waals surface area (Å²) in [5.74, 6) is 1.43. The minimum Gasteiger partial charge on any atom is -0.456 e. The third kappa shape index (κ3) is 5.55. The van der Waals surface area contributed by atoms with E-state index in [9.17, 15) is 0 Å². The average molecular weight is 704 g/mol. The second-order valence-corrected chi connectivity index (χ2v) is 14.3. The van der Waals surface area contributed by atoms with E-state index in [1.807, 2.05) is 18.2 Å². The molecule has 0 radical (unpaired) electrons. The molecular weight excluding hydrogens is 671 g/mol. The molecule has 4 nitrogen and oxygen atoms in total. The Morgan fingerprint density at radius 3 is 1.82 bits per heavy atom. The molecule has 0 amide bonds. The molecule has 0 spiro atoms. The zero-order chi connectivity index (χ0) is 36.3. The number of rotatable bonds is 5. The highest BCUT2D eigenvalue weighted by atomic mass is 16.3. The summed E-state index contributed by atoms with van der Waals surface area (Å²) < 4.78 is 6.74. The molecule has 1 aliphatic heterocycles. The number of furan rings is 1. The van der Waals surface area contributed by atoms with Gasteiger partial charge in [0.15, 0.2) is 5.84 Å². The lowest BCUT2D eigenvalue weighted by atomic mass is 9.94. The van der Waals surface area contributed by atoms with Crippen molar-refractivity contribution in [2.24, 2.45) is 9.98 Å². The van der Waals surface area contributed by atoms with Crippen molar-refractivity contribution in [3.05, 3.63) is 205 Å². The molecular formula is C51H33N3O. The molecule has 10 aromatic rings. The van der Waals surface area contributed by atoms with Crippen molar-refractivity contribution < 1.29 is 4.42 Å². The quantitative estimate of drug-likeness (QED) is 0.194. The normalized spacial score (nSPS) is 14.4. The number of benzene rings is 9. The summed E-state index contributed by atoms with van der Waals surface area (Å²) in [5.41, 5.74) is 9.26. The van der Waals surface area contributed by atoms with Gasteiger partial charge in [0.1, 0.15) is 23.2 Å². The summed E-state index contributed by atoms with van der Waals surface area (Å²) in [4.78, 5) is 10.4. The summed E-state index contributed by atoms with van der Waals surface area (Å²) >= 11 is 0. The lowest BCUT2D eigenvalue weighted by Gasteiger charge is -2.24. The highest BCUT2D eigenvalue weighted by molar-refractivity contribution is 6.20. The van der Waals surface area contributed by atoms with E-state index in [0.29, 0.717) is 5.84 Å². The van der Waals surface area contributed by atoms with Crippen LogP contribution >= 0.6 is 0 Å². The molecule has 1 aliphatic rings. The van der Waals surface area contributed by atoms with E-state index in [2.05, 4.69) is 175 Å². The molecule has 258 valence electrons. The van der Waals surface area contributed by atoms with Crippen molar-refractivity contribution >= 4 is 65.9 Å². The molecule has 0 aliphatic carbocycles. The van der Waals surface area contributed by atoms with Crippen LogP contribution in [-0.2, 0) is 0 Å². The van der Waals surface area contributed by atoms with Gasteiger partial charge in [-0.05, 0) is 103 Å². The van der Waals surface area contributed by atoms with Crippen molar-refractivity contribution in [3.63, 3.8) is 0 Å².